The number of hydrogen-bond donors (Lipinski definition) is 0. The van der Waals surface area contributed by atoms with Gasteiger partial charge in [0, 0.05) is 0 Å². The van der Waals surface area contributed by atoms with E-state index in [1.165, 1.54) is 0 Å². The maximum Gasteiger partial charge on any atom is 0.422 e. The highest BCUT2D eigenvalue weighted by atomic mass is 35.7. The molecule has 0 saturated carbocycles. The van der Waals surface area contributed by atoms with Crippen LogP contribution in [0.5, 0.6) is 0 Å². The lowest BCUT2D eigenvalue weighted by Crippen LogP contribution is -2.15. The molecule has 0 aliphatic carbocycles. The van der Waals surface area contributed by atoms with E-state index in [4.69, 9.17) is 10.7 Å². The number of alkyl halides is 3. The Kier molecular flexibility index (Phi) is 3.63. The first-order valence-corrected chi connectivity index (χ1v) is 5.07. The summed E-state index contributed by atoms with van der Waals surface area (Å²) in [4.78, 5) is -1.36. The van der Waals surface area contributed by atoms with Crippen LogP contribution in [0.15, 0.2) is 4.90 Å². The highest BCUT2D eigenvalue weighted by Crippen LogP contribution is 2.40. The predicted molar refractivity (Wildman–Crippen MR) is 43.0 cm³/mol. The highest BCUT2D eigenvalue weighted by molar-refractivity contribution is 8.21. The summed E-state index contributed by atoms with van der Waals surface area (Å²) in [6, 6.07) is 0. The van der Waals surface area contributed by atoms with Gasteiger partial charge in [0.15, 0.2) is 23.3 Å². The third-order valence-corrected chi connectivity index (χ3v) is 2.56. The summed E-state index contributed by atoms with van der Waals surface area (Å²) in [5, 5.41) is 0. The van der Waals surface area contributed by atoms with Crippen LogP contribution in [0.2, 0.25) is 0 Å². The van der Waals surface area contributed by atoms with Gasteiger partial charge in [-0.05, 0) is 21.7 Å². The van der Waals surface area contributed by atoms with Gasteiger partial charge in [-0.2, -0.15) is 13.2 Å². The second-order valence-electron chi connectivity index (χ2n) is 2.53. The fraction of sp³-hybridized carbons (Fsp3) is 0.143. The first kappa shape index (κ1) is 13.4. The molecule has 0 unspecified atom stereocenters. The average Bonchev–Trinajstić information content (AvgIpc) is 2.14. The topological polar surface area (TPSA) is 0 Å². The summed E-state index contributed by atoms with van der Waals surface area (Å²) < 4.78 is 87.5. The predicted octanol–water partition coefficient (Wildman–Crippen LogP) is 4.51. The van der Waals surface area contributed by atoms with Crippen molar-refractivity contribution in [3.63, 3.8) is 0 Å². The molecule has 0 aliphatic rings. The monoisotopic (exact) mass is 284 g/mol. The van der Waals surface area contributed by atoms with Crippen LogP contribution in [0, 0.1) is 23.3 Å². The van der Waals surface area contributed by atoms with Crippen molar-refractivity contribution in [1.29, 1.82) is 0 Å². The second-order valence-corrected chi connectivity index (χ2v) is 3.56. The van der Waals surface area contributed by atoms with Gasteiger partial charge in [-0.15, -0.1) is 0 Å². The maximum atomic E-state index is 12.8. The Hall–Kier alpha value is -0.630. The van der Waals surface area contributed by atoms with Crippen LogP contribution in [0.3, 0.4) is 0 Å². The molecule has 0 radical (unpaired) electrons. The van der Waals surface area contributed by atoms with E-state index in [2.05, 4.69) is 0 Å². The molecule has 16 heavy (non-hydrogen) atoms. The van der Waals surface area contributed by atoms with Crippen molar-refractivity contribution in [2.75, 3.05) is 0 Å². The lowest BCUT2D eigenvalue weighted by molar-refractivity contribution is -0.143. The number of halogens is 8. The smallest absolute Gasteiger partial charge is 0.203 e. The van der Waals surface area contributed by atoms with E-state index in [-0.39, 0.29) is 11.0 Å². The lowest BCUT2D eigenvalue weighted by Gasteiger charge is -2.12. The van der Waals surface area contributed by atoms with E-state index < -0.39 is 39.9 Å². The Bertz CT molecular complexity index is 399. The summed E-state index contributed by atoms with van der Waals surface area (Å²) in [6.07, 6.45) is -5.54. The molecule has 0 saturated heterocycles. The maximum absolute atomic E-state index is 12.8. The fourth-order valence-electron chi connectivity index (χ4n) is 0.928. The normalized spacial score (nSPS) is 12.0. The Balaban J connectivity index is 3.67. The van der Waals surface area contributed by atoms with Crippen molar-refractivity contribution in [3.8, 4) is 0 Å². The average molecular weight is 285 g/mol. The second kappa shape index (κ2) is 4.33. The minimum Gasteiger partial charge on any atom is -0.203 e. The molecule has 0 aromatic heterocycles. The van der Waals surface area contributed by atoms with Crippen molar-refractivity contribution >= 4 is 21.7 Å². The van der Waals surface area contributed by atoms with Gasteiger partial charge in [0.2, 0.25) is 0 Å². The highest BCUT2D eigenvalue weighted by Gasteiger charge is 2.42. The number of rotatable bonds is 1. The third kappa shape index (κ3) is 2.08. The van der Waals surface area contributed by atoms with Crippen molar-refractivity contribution in [1.82, 2.24) is 0 Å². The van der Waals surface area contributed by atoms with E-state index in [9.17, 15) is 30.7 Å². The Morgan fingerprint density at radius 3 is 1.44 bits per heavy atom. The van der Waals surface area contributed by atoms with Crippen LogP contribution in [0.1, 0.15) is 5.56 Å². The summed E-state index contributed by atoms with van der Waals surface area (Å²) in [6.45, 7) is 0. The number of hydrogen-bond acceptors (Lipinski definition) is 1. The molecule has 0 heterocycles. The molecular weight excluding hydrogens is 285 g/mol. The van der Waals surface area contributed by atoms with Crippen molar-refractivity contribution in [2.45, 2.75) is 11.1 Å². The molecule has 0 nitrogen and oxygen atoms in total. The largest absolute Gasteiger partial charge is 0.422 e. The molecular formula is C7ClF7S. The molecule has 0 amide bonds. The number of benzene rings is 1. The standard InChI is InChI=1S/C7ClF7S/c8-16-6-4(11)2(9)1(7(13,14)15)3(10)5(6)12. The molecule has 0 fully saturated rings. The minimum absolute atomic E-state index is 0.255. The van der Waals surface area contributed by atoms with Crippen LogP contribution in [-0.2, 0) is 6.18 Å². The van der Waals surface area contributed by atoms with Gasteiger partial charge in [0.05, 0.1) is 0 Å². The zero-order valence-corrected chi connectivity index (χ0v) is 8.50. The SMILES string of the molecule is Fc1c(F)c(C(F)(F)F)c(F)c(F)c1SCl. The summed E-state index contributed by atoms with van der Waals surface area (Å²) in [5.74, 6) is -9.39. The molecule has 9 heteroatoms. The Morgan fingerprint density at radius 2 is 1.19 bits per heavy atom. The molecule has 0 aliphatic heterocycles. The van der Waals surface area contributed by atoms with E-state index >= 15 is 0 Å². The van der Waals surface area contributed by atoms with Gasteiger partial charge in [-0.3, -0.25) is 0 Å². The van der Waals surface area contributed by atoms with Crippen LogP contribution < -0.4 is 0 Å². The first-order chi connectivity index (χ1) is 7.21. The summed E-state index contributed by atoms with van der Waals surface area (Å²) in [5.41, 5.74) is -2.61. The summed E-state index contributed by atoms with van der Waals surface area (Å²) in [7, 11) is 4.61. The van der Waals surface area contributed by atoms with Gasteiger partial charge in [-0.1, -0.05) is 0 Å². The van der Waals surface area contributed by atoms with Crippen LogP contribution in [0.4, 0.5) is 30.7 Å². The minimum atomic E-state index is -5.54. The van der Waals surface area contributed by atoms with Crippen LogP contribution >= 0.6 is 21.7 Å². The van der Waals surface area contributed by atoms with E-state index in [1.54, 1.807) is 0 Å². The lowest BCUT2D eigenvalue weighted by atomic mass is 10.1. The van der Waals surface area contributed by atoms with Gasteiger partial charge in [0.25, 0.3) is 0 Å². The third-order valence-electron chi connectivity index (χ3n) is 1.58. The molecule has 1 rings (SSSR count). The fourth-order valence-corrected chi connectivity index (χ4v) is 1.65. The summed E-state index contributed by atoms with van der Waals surface area (Å²) >= 11 is 0. The Morgan fingerprint density at radius 1 is 0.812 bits per heavy atom. The quantitative estimate of drug-likeness (QED) is 0.540. The van der Waals surface area contributed by atoms with E-state index in [0.29, 0.717) is 0 Å². The molecule has 0 atom stereocenters. The zero-order valence-electron chi connectivity index (χ0n) is 6.93. The Labute approximate surface area is 92.9 Å². The molecule has 1 aromatic carbocycles. The molecule has 1 aromatic rings. The van der Waals surface area contributed by atoms with Crippen molar-refractivity contribution in [3.05, 3.63) is 28.8 Å². The van der Waals surface area contributed by atoms with Crippen molar-refractivity contribution < 1.29 is 30.7 Å². The molecule has 0 N–H and O–H groups in total. The van der Waals surface area contributed by atoms with Crippen LogP contribution in [-0.4, -0.2) is 0 Å². The van der Waals surface area contributed by atoms with Crippen molar-refractivity contribution in [2.24, 2.45) is 0 Å². The van der Waals surface area contributed by atoms with E-state index in [0.717, 1.165) is 0 Å². The van der Waals surface area contributed by atoms with Gasteiger partial charge in [0.1, 0.15) is 10.5 Å². The molecule has 0 bridgehead atoms. The molecule has 90 valence electrons. The van der Waals surface area contributed by atoms with Gasteiger partial charge in [-0.25, -0.2) is 17.6 Å². The van der Waals surface area contributed by atoms with Gasteiger partial charge < -0.3 is 0 Å². The first-order valence-electron chi connectivity index (χ1n) is 3.43. The van der Waals surface area contributed by atoms with E-state index in [1.807, 2.05) is 0 Å². The molecule has 0 spiro atoms. The zero-order chi connectivity index (χ0) is 12.7. The van der Waals surface area contributed by atoms with Gasteiger partial charge >= 0.3 is 6.18 Å². The van der Waals surface area contributed by atoms with Crippen LogP contribution in [0.25, 0.3) is 0 Å².